The average Bonchev–Trinajstić information content (AvgIpc) is 3.45. The number of ether oxygens (including phenoxy) is 1. The lowest BCUT2D eigenvalue weighted by Gasteiger charge is -2.23. The number of pyridine rings is 1. The van der Waals surface area contributed by atoms with Gasteiger partial charge in [0.15, 0.2) is 12.0 Å². The summed E-state index contributed by atoms with van der Waals surface area (Å²) in [6.45, 7) is 10.3. The molecular formula is C37H46ClF2N3O3. The van der Waals surface area contributed by atoms with Crippen molar-refractivity contribution in [2.24, 2.45) is 5.92 Å². The van der Waals surface area contributed by atoms with Crippen LogP contribution in [0.5, 0.6) is 0 Å². The van der Waals surface area contributed by atoms with Crippen molar-refractivity contribution in [3.8, 4) is 11.1 Å². The van der Waals surface area contributed by atoms with Gasteiger partial charge in [-0.05, 0) is 55.7 Å². The number of nitrogens with zero attached hydrogens (tertiary/aromatic N) is 2. The number of anilines is 1. The Hall–Kier alpha value is -3.78. The number of aromatic nitrogens is 2. The standard InChI is InChI=1S/C30H28ClF2N3O3.C4H10.C3H8/c1-17(39-30(38)19-6-4-3-5-7-19)36-16-23(28(37)26-24(32)12-13-25(34-2)27(26)33)22-14-20(15-35-29(22)36)18-8-10-21(31)11-9-18;1-3-4-2;1-3-2/h8-17,19,34H,3-7H2,1-2H3;3-4H2,1-2H3;3H2,1-2H3. The van der Waals surface area contributed by atoms with Gasteiger partial charge in [-0.25, -0.2) is 13.8 Å². The summed E-state index contributed by atoms with van der Waals surface area (Å²) in [5.74, 6) is -3.26. The van der Waals surface area contributed by atoms with Gasteiger partial charge in [0, 0.05) is 35.4 Å². The maximum absolute atomic E-state index is 15.2. The van der Waals surface area contributed by atoms with Crippen LogP contribution in [0.3, 0.4) is 0 Å². The quantitative estimate of drug-likeness (QED) is 0.151. The number of carbonyl (C=O) groups excluding carboxylic acids is 2. The summed E-state index contributed by atoms with van der Waals surface area (Å²) in [5, 5.41) is 3.58. The van der Waals surface area contributed by atoms with Crippen molar-refractivity contribution in [3.05, 3.63) is 82.6 Å². The minimum Gasteiger partial charge on any atom is -0.441 e. The smallest absolute Gasteiger partial charge is 0.310 e. The molecule has 6 nitrogen and oxygen atoms in total. The van der Waals surface area contributed by atoms with Crippen molar-refractivity contribution in [3.63, 3.8) is 0 Å². The molecule has 0 saturated heterocycles. The first kappa shape index (κ1) is 36.7. The molecule has 248 valence electrons. The van der Waals surface area contributed by atoms with Gasteiger partial charge in [0.2, 0.25) is 5.78 Å². The number of nitrogens with one attached hydrogen (secondary N) is 1. The fourth-order valence-electron chi connectivity index (χ4n) is 5.14. The van der Waals surface area contributed by atoms with Crippen LogP contribution in [0.25, 0.3) is 22.2 Å². The van der Waals surface area contributed by atoms with Crippen molar-refractivity contribution < 1.29 is 23.1 Å². The Morgan fingerprint density at radius 1 is 1.00 bits per heavy atom. The van der Waals surface area contributed by atoms with Gasteiger partial charge in [0.1, 0.15) is 11.5 Å². The number of unbranched alkanes of at least 4 members (excludes halogenated alkanes) is 1. The summed E-state index contributed by atoms with van der Waals surface area (Å²) in [5.41, 5.74) is 1.20. The van der Waals surface area contributed by atoms with Crippen molar-refractivity contribution in [1.82, 2.24) is 9.55 Å². The molecule has 1 atom stereocenters. The fourth-order valence-corrected chi connectivity index (χ4v) is 5.26. The lowest BCUT2D eigenvalue weighted by atomic mass is 9.89. The van der Waals surface area contributed by atoms with Gasteiger partial charge >= 0.3 is 5.97 Å². The first-order valence-electron chi connectivity index (χ1n) is 16.3. The van der Waals surface area contributed by atoms with Crippen LogP contribution in [-0.4, -0.2) is 28.4 Å². The van der Waals surface area contributed by atoms with Crippen LogP contribution in [0.4, 0.5) is 14.5 Å². The van der Waals surface area contributed by atoms with E-state index in [0.29, 0.717) is 21.6 Å². The highest BCUT2D eigenvalue weighted by atomic mass is 35.5. The van der Waals surface area contributed by atoms with E-state index >= 15 is 4.39 Å². The zero-order valence-electron chi connectivity index (χ0n) is 27.8. The maximum atomic E-state index is 15.2. The number of esters is 1. The van der Waals surface area contributed by atoms with Crippen LogP contribution in [-0.2, 0) is 9.53 Å². The second kappa shape index (κ2) is 17.8. The summed E-state index contributed by atoms with van der Waals surface area (Å²) in [6, 6.07) is 11.1. The Balaban J connectivity index is 0.000000751. The number of hydrogen-bond acceptors (Lipinski definition) is 5. The molecule has 2 aromatic heterocycles. The SMILES string of the molecule is CCC.CCCC.CNc1ccc(F)c(C(=O)c2cn(C(C)OC(=O)C3CCCCC3)c3ncc(-c4ccc(Cl)cc4)cc23)c1F. The Morgan fingerprint density at radius 2 is 1.63 bits per heavy atom. The average molecular weight is 654 g/mol. The summed E-state index contributed by atoms with van der Waals surface area (Å²) in [7, 11) is 1.49. The van der Waals surface area contributed by atoms with Crippen molar-refractivity contribution in [2.45, 2.75) is 92.2 Å². The molecule has 4 aromatic rings. The summed E-state index contributed by atoms with van der Waals surface area (Å²) < 4.78 is 37.4. The van der Waals surface area contributed by atoms with Crippen LogP contribution in [0.2, 0.25) is 5.02 Å². The maximum Gasteiger partial charge on any atom is 0.310 e. The van der Waals surface area contributed by atoms with Crippen LogP contribution >= 0.6 is 11.6 Å². The highest BCUT2D eigenvalue weighted by Gasteiger charge is 2.29. The van der Waals surface area contributed by atoms with Gasteiger partial charge in [0.25, 0.3) is 0 Å². The Kier molecular flexibility index (Phi) is 14.2. The van der Waals surface area contributed by atoms with E-state index in [9.17, 15) is 14.0 Å². The third-order valence-electron chi connectivity index (χ3n) is 7.80. The molecule has 0 radical (unpaired) electrons. The third kappa shape index (κ3) is 8.93. The van der Waals surface area contributed by atoms with Gasteiger partial charge < -0.3 is 10.1 Å². The molecule has 0 aliphatic heterocycles. The monoisotopic (exact) mass is 653 g/mol. The minimum atomic E-state index is -0.984. The number of hydrogen-bond donors (Lipinski definition) is 1. The van der Waals surface area contributed by atoms with Crippen molar-refractivity contribution >= 4 is 40.1 Å². The second-order valence-corrected chi connectivity index (χ2v) is 11.9. The molecule has 46 heavy (non-hydrogen) atoms. The van der Waals surface area contributed by atoms with Crippen LogP contribution in [0, 0.1) is 17.6 Å². The third-order valence-corrected chi connectivity index (χ3v) is 8.05. The number of carbonyl (C=O) groups is 2. The molecule has 9 heteroatoms. The first-order valence-corrected chi connectivity index (χ1v) is 16.7. The van der Waals surface area contributed by atoms with E-state index in [4.69, 9.17) is 16.3 Å². The highest BCUT2D eigenvalue weighted by molar-refractivity contribution is 6.30. The van der Waals surface area contributed by atoms with Crippen LogP contribution in [0.15, 0.2) is 54.9 Å². The number of rotatable bonds is 8. The molecule has 0 spiro atoms. The number of fused-ring (bicyclic) bond motifs is 1. The van der Waals surface area contributed by atoms with E-state index in [-0.39, 0.29) is 23.1 Å². The largest absolute Gasteiger partial charge is 0.441 e. The summed E-state index contributed by atoms with van der Waals surface area (Å²) >= 11 is 6.04. The van der Waals surface area contributed by atoms with Gasteiger partial charge in [-0.2, -0.15) is 0 Å². The second-order valence-electron chi connectivity index (χ2n) is 11.5. The Morgan fingerprint density at radius 3 is 2.22 bits per heavy atom. The molecule has 1 aliphatic carbocycles. The van der Waals surface area contributed by atoms with Gasteiger partial charge in [-0.15, -0.1) is 0 Å². The van der Waals surface area contributed by atoms with E-state index < -0.39 is 29.2 Å². The summed E-state index contributed by atoms with van der Waals surface area (Å²) in [6.07, 6.45) is 10.8. The molecule has 1 N–H and O–H groups in total. The number of halogens is 3. The van der Waals surface area contributed by atoms with E-state index in [1.807, 2.05) is 12.1 Å². The van der Waals surface area contributed by atoms with Crippen LogP contribution < -0.4 is 5.32 Å². The molecule has 1 unspecified atom stereocenters. The molecule has 1 saturated carbocycles. The van der Waals surface area contributed by atoms with Crippen molar-refractivity contribution in [2.75, 3.05) is 12.4 Å². The predicted molar refractivity (Wildman–Crippen MR) is 183 cm³/mol. The topological polar surface area (TPSA) is 73.2 Å². The molecule has 0 amide bonds. The zero-order valence-corrected chi connectivity index (χ0v) is 28.5. The van der Waals surface area contributed by atoms with Crippen molar-refractivity contribution in [1.29, 1.82) is 0 Å². The van der Waals surface area contributed by atoms with E-state index in [2.05, 4.69) is 38.0 Å². The summed E-state index contributed by atoms with van der Waals surface area (Å²) in [4.78, 5) is 31.1. The lowest BCUT2D eigenvalue weighted by molar-refractivity contribution is -0.158. The lowest BCUT2D eigenvalue weighted by Crippen LogP contribution is -2.23. The minimum absolute atomic E-state index is 0.00162. The molecule has 2 heterocycles. The van der Waals surface area contributed by atoms with Crippen LogP contribution in [0.1, 0.15) is 108 Å². The first-order chi connectivity index (χ1) is 22.1. The molecule has 0 bridgehead atoms. The van der Waals surface area contributed by atoms with Gasteiger partial charge in [0.05, 0.1) is 22.7 Å². The molecule has 5 rings (SSSR count). The molecule has 2 aromatic carbocycles. The van der Waals surface area contributed by atoms with Gasteiger partial charge in [-0.3, -0.25) is 14.2 Å². The zero-order chi connectivity index (χ0) is 33.8. The highest BCUT2D eigenvalue weighted by Crippen LogP contribution is 2.33. The molecule has 1 fully saturated rings. The molecular weight excluding hydrogens is 608 g/mol. The van der Waals surface area contributed by atoms with E-state index in [1.54, 1.807) is 35.9 Å². The van der Waals surface area contributed by atoms with Gasteiger partial charge in [-0.1, -0.05) is 90.0 Å². The molecule has 1 aliphatic rings. The normalized spacial score (nSPS) is 13.6. The predicted octanol–water partition coefficient (Wildman–Crippen LogP) is 10.8. The number of ketones is 1. The van der Waals surface area contributed by atoms with E-state index in [1.165, 1.54) is 38.6 Å². The fraction of sp³-hybridized carbons (Fsp3) is 0.432. The number of benzene rings is 2. The Bertz CT molecular complexity index is 1600. The van der Waals surface area contributed by atoms with E-state index in [0.717, 1.165) is 43.7 Å². The Labute approximate surface area is 276 Å².